The number of aryl methyl sites for hydroxylation is 1. The fourth-order valence-electron chi connectivity index (χ4n) is 4.62. The van der Waals surface area contributed by atoms with Crippen molar-refractivity contribution in [1.82, 2.24) is 19.1 Å². The zero-order valence-electron chi connectivity index (χ0n) is 19.0. The molecule has 2 aromatic heterocycles. The van der Waals surface area contributed by atoms with Crippen molar-refractivity contribution in [2.24, 2.45) is 14.1 Å². The topological polar surface area (TPSA) is 94.4 Å². The molecule has 9 nitrogen and oxygen atoms in total. The van der Waals surface area contributed by atoms with Crippen LogP contribution in [0.25, 0.3) is 11.2 Å². The molecule has 1 atom stereocenters. The molecule has 1 N–H and O–H groups in total. The third kappa shape index (κ3) is 3.19. The maximum atomic E-state index is 12.7. The number of H-pyrrole nitrogens is 1. The van der Waals surface area contributed by atoms with Crippen molar-refractivity contribution in [3.8, 4) is 11.5 Å². The molecule has 0 saturated heterocycles. The molecule has 2 aromatic carbocycles. The summed E-state index contributed by atoms with van der Waals surface area (Å²) in [6, 6.07) is 14.0. The molecular formula is C24H25N5O4. The van der Waals surface area contributed by atoms with E-state index < -0.39 is 11.2 Å². The second-order valence-electron chi connectivity index (χ2n) is 8.13. The second kappa shape index (κ2) is 7.84. The highest BCUT2D eigenvalue weighted by Gasteiger charge is 2.32. The number of hydrogen-bond acceptors (Lipinski definition) is 6. The van der Waals surface area contributed by atoms with Gasteiger partial charge in [-0.15, -0.1) is 0 Å². The second-order valence-corrected chi connectivity index (χ2v) is 8.13. The lowest BCUT2D eigenvalue weighted by Crippen LogP contribution is -2.37. The van der Waals surface area contributed by atoms with Crippen LogP contribution >= 0.6 is 0 Å². The van der Waals surface area contributed by atoms with Gasteiger partial charge in [0.25, 0.3) is 5.56 Å². The van der Waals surface area contributed by atoms with Gasteiger partial charge in [-0.25, -0.2) is 4.79 Å². The molecule has 1 aliphatic rings. The molecule has 3 heterocycles. The summed E-state index contributed by atoms with van der Waals surface area (Å²) < 4.78 is 13.6. The molecule has 0 spiro atoms. The zero-order chi connectivity index (χ0) is 23.3. The van der Waals surface area contributed by atoms with Crippen LogP contribution in [0.1, 0.15) is 22.7 Å². The van der Waals surface area contributed by atoms with Gasteiger partial charge in [0.05, 0.1) is 20.3 Å². The van der Waals surface area contributed by atoms with Gasteiger partial charge < -0.3 is 19.4 Å². The molecule has 4 aromatic rings. The number of nitrogens with one attached hydrogen (secondary N) is 1. The largest absolute Gasteiger partial charge is 0.493 e. The van der Waals surface area contributed by atoms with E-state index >= 15 is 0 Å². The van der Waals surface area contributed by atoms with Crippen LogP contribution in [0.15, 0.2) is 52.1 Å². The number of ether oxygens (including phenoxy) is 2. The number of aromatic amines is 1. The number of hydrogen-bond donors (Lipinski definition) is 1. The van der Waals surface area contributed by atoms with Crippen LogP contribution in [-0.4, -0.2) is 39.9 Å². The number of nitrogens with zero attached hydrogens (tertiary/aromatic N) is 4. The third-order valence-corrected chi connectivity index (χ3v) is 6.34. The summed E-state index contributed by atoms with van der Waals surface area (Å²) in [5, 5.41) is 0. The van der Waals surface area contributed by atoms with Crippen LogP contribution in [0.3, 0.4) is 0 Å². The Balaban J connectivity index is 1.73. The summed E-state index contributed by atoms with van der Waals surface area (Å²) in [6.07, 6.45) is 0.757. The summed E-state index contributed by atoms with van der Waals surface area (Å²) in [7, 11) is 6.34. The monoisotopic (exact) mass is 447 g/mol. The molecule has 0 amide bonds. The summed E-state index contributed by atoms with van der Waals surface area (Å²) in [5.74, 6) is 1.89. The van der Waals surface area contributed by atoms with Crippen molar-refractivity contribution in [1.29, 1.82) is 0 Å². The minimum atomic E-state index is -0.411. The maximum Gasteiger partial charge on any atom is 0.332 e. The normalized spacial score (nSPS) is 15.5. The Morgan fingerprint density at radius 2 is 1.70 bits per heavy atom. The van der Waals surface area contributed by atoms with Crippen molar-refractivity contribution in [2.75, 3.05) is 25.7 Å². The van der Waals surface area contributed by atoms with Crippen molar-refractivity contribution >= 4 is 17.1 Å². The number of imidazole rings is 1. The minimum absolute atomic E-state index is 0.170. The molecule has 0 fully saturated rings. The van der Waals surface area contributed by atoms with E-state index in [2.05, 4.69) is 27.0 Å². The average Bonchev–Trinajstić information content (AvgIpc) is 3.30. The fraction of sp³-hybridized carbons (Fsp3) is 0.292. The highest BCUT2D eigenvalue weighted by Crippen LogP contribution is 2.42. The third-order valence-electron chi connectivity index (χ3n) is 6.34. The molecule has 0 aliphatic carbocycles. The summed E-state index contributed by atoms with van der Waals surface area (Å²) in [4.78, 5) is 35.1. The Hall–Kier alpha value is -4.01. The zero-order valence-corrected chi connectivity index (χ0v) is 19.0. The lowest BCUT2D eigenvalue weighted by Gasteiger charge is -2.38. The molecule has 0 bridgehead atoms. The molecule has 0 saturated carbocycles. The Kier molecular flexibility index (Phi) is 4.96. The van der Waals surface area contributed by atoms with E-state index in [0.29, 0.717) is 35.2 Å². The SMILES string of the molecule is COc1cc2c(cc1OC)C(c1ccccc1)N(c1nc3c([nH]1)c(=O)n(C)c(=O)n3C)CC2. The molecule has 1 unspecified atom stereocenters. The standard InChI is InChI=1S/C24H25N5O4/c1-27-21-19(22(30)28(2)24(27)31)25-23(26-21)29-11-10-15-12-17(32-3)18(33-4)13-16(15)20(29)14-8-6-5-7-9-14/h5-9,12-13,20H,10-11H2,1-4H3,(H,25,26). The van der Waals surface area contributed by atoms with Gasteiger partial charge in [-0.3, -0.25) is 13.9 Å². The lowest BCUT2D eigenvalue weighted by molar-refractivity contribution is 0.353. The van der Waals surface area contributed by atoms with E-state index in [9.17, 15) is 9.59 Å². The Labute approximate surface area is 189 Å². The number of benzene rings is 2. The van der Waals surface area contributed by atoms with Crippen LogP contribution < -0.4 is 25.6 Å². The number of rotatable bonds is 4. The Morgan fingerprint density at radius 1 is 1.00 bits per heavy atom. The molecular weight excluding hydrogens is 422 g/mol. The van der Waals surface area contributed by atoms with Gasteiger partial charge in [0.15, 0.2) is 22.7 Å². The lowest BCUT2D eigenvalue weighted by atomic mass is 9.88. The van der Waals surface area contributed by atoms with Crippen molar-refractivity contribution in [3.63, 3.8) is 0 Å². The first-order chi connectivity index (χ1) is 15.9. The number of anilines is 1. The first-order valence-electron chi connectivity index (χ1n) is 10.7. The molecule has 33 heavy (non-hydrogen) atoms. The molecule has 0 radical (unpaired) electrons. The molecule has 5 rings (SSSR count). The highest BCUT2D eigenvalue weighted by atomic mass is 16.5. The number of methoxy groups -OCH3 is 2. The fourth-order valence-corrected chi connectivity index (χ4v) is 4.62. The molecule has 9 heteroatoms. The molecule has 1 aliphatic heterocycles. The predicted octanol–water partition coefficient (Wildman–Crippen LogP) is 2.13. The van der Waals surface area contributed by atoms with Crippen molar-refractivity contribution in [3.05, 3.63) is 80.0 Å². The van der Waals surface area contributed by atoms with Crippen LogP contribution in [0.2, 0.25) is 0 Å². The van der Waals surface area contributed by atoms with Crippen LogP contribution in [-0.2, 0) is 20.5 Å². The van der Waals surface area contributed by atoms with Crippen LogP contribution in [0.4, 0.5) is 5.95 Å². The van der Waals surface area contributed by atoms with Gasteiger partial charge in [0, 0.05) is 20.6 Å². The van der Waals surface area contributed by atoms with Gasteiger partial charge in [-0.05, 0) is 35.2 Å². The first kappa shape index (κ1) is 20.9. The first-order valence-corrected chi connectivity index (χ1v) is 10.7. The minimum Gasteiger partial charge on any atom is -0.493 e. The Bertz CT molecular complexity index is 1470. The van der Waals surface area contributed by atoms with E-state index in [4.69, 9.17) is 9.47 Å². The van der Waals surface area contributed by atoms with Gasteiger partial charge in [0.1, 0.15) is 0 Å². The summed E-state index contributed by atoms with van der Waals surface area (Å²) in [5.41, 5.74) is 3.15. The average molecular weight is 447 g/mol. The predicted molar refractivity (Wildman–Crippen MR) is 125 cm³/mol. The van der Waals surface area contributed by atoms with Gasteiger partial charge in [-0.1, -0.05) is 30.3 Å². The smallest absolute Gasteiger partial charge is 0.332 e. The van der Waals surface area contributed by atoms with Crippen LogP contribution in [0, 0.1) is 0 Å². The van der Waals surface area contributed by atoms with E-state index in [1.165, 1.54) is 11.6 Å². The number of aromatic nitrogens is 4. The van der Waals surface area contributed by atoms with Gasteiger partial charge >= 0.3 is 5.69 Å². The van der Waals surface area contributed by atoms with E-state index in [0.717, 1.165) is 27.7 Å². The van der Waals surface area contributed by atoms with Gasteiger partial charge in [-0.2, -0.15) is 4.98 Å². The summed E-state index contributed by atoms with van der Waals surface area (Å²) in [6.45, 7) is 0.663. The van der Waals surface area contributed by atoms with Crippen molar-refractivity contribution in [2.45, 2.75) is 12.5 Å². The van der Waals surface area contributed by atoms with Crippen LogP contribution in [0.5, 0.6) is 11.5 Å². The quantitative estimate of drug-likeness (QED) is 0.515. The summed E-state index contributed by atoms with van der Waals surface area (Å²) >= 11 is 0. The van der Waals surface area contributed by atoms with Crippen molar-refractivity contribution < 1.29 is 9.47 Å². The maximum absolute atomic E-state index is 12.7. The van der Waals surface area contributed by atoms with E-state index in [-0.39, 0.29) is 6.04 Å². The van der Waals surface area contributed by atoms with Gasteiger partial charge in [0.2, 0.25) is 5.95 Å². The number of fused-ring (bicyclic) bond motifs is 2. The Morgan fingerprint density at radius 3 is 2.39 bits per heavy atom. The van der Waals surface area contributed by atoms with E-state index in [1.807, 2.05) is 30.3 Å². The highest BCUT2D eigenvalue weighted by molar-refractivity contribution is 5.73. The molecule has 170 valence electrons. The van der Waals surface area contributed by atoms with E-state index in [1.54, 1.807) is 21.3 Å².